The Morgan fingerprint density at radius 3 is 2.60 bits per heavy atom. The van der Waals surface area contributed by atoms with Gasteiger partial charge in [-0.3, -0.25) is 4.98 Å². The Hall–Kier alpha value is -2.31. The number of nitrogen functional groups attached to an aromatic ring is 1. The maximum atomic E-state index is 13.0. The van der Waals surface area contributed by atoms with E-state index in [1.54, 1.807) is 6.07 Å². The lowest BCUT2D eigenvalue weighted by Gasteiger charge is -2.14. The van der Waals surface area contributed by atoms with Crippen LogP contribution >= 0.6 is 0 Å². The van der Waals surface area contributed by atoms with Crippen molar-refractivity contribution >= 4 is 11.4 Å². The van der Waals surface area contributed by atoms with Crippen LogP contribution in [0.25, 0.3) is 0 Å². The number of nitrogens with one attached hydrogen (secondary N) is 1. The lowest BCUT2D eigenvalue weighted by Crippen LogP contribution is -2.12. The van der Waals surface area contributed by atoms with E-state index in [0.717, 1.165) is 12.1 Å². The Balaban J connectivity index is 2.24. The van der Waals surface area contributed by atoms with E-state index >= 15 is 0 Å². The molecule has 0 aliphatic rings. The van der Waals surface area contributed by atoms with Gasteiger partial charge in [-0.2, -0.15) is 13.2 Å². The average molecular weight is 285 g/mol. The third-order valence-electron chi connectivity index (χ3n) is 2.70. The van der Waals surface area contributed by atoms with Gasteiger partial charge in [0.25, 0.3) is 0 Å². The molecule has 1 aromatic carbocycles. The van der Waals surface area contributed by atoms with Crippen molar-refractivity contribution in [2.75, 3.05) is 11.1 Å². The molecule has 0 unspecified atom stereocenters. The molecule has 0 aliphatic carbocycles. The Morgan fingerprint density at radius 1 is 1.20 bits per heavy atom. The number of hydrogen-bond acceptors (Lipinski definition) is 3. The molecule has 0 saturated carbocycles. The van der Waals surface area contributed by atoms with Crippen molar-refractivity contribution in [3.05, 3.63) is 53.6 Å². The average Bonchev–Trinajstić information content (AvgIpc) is 2.38. The molecule has 3 N–H and O–H groups in total. The summed E-state index contributed by atoms with van der Waals surface area (Å²) in [5, 5.41) is 2.77. The molecule has 0 amide bonds. The van der Waals surface area contributed by atoms with Crippen LogP contribution in [-0.4, -0.2) is 4.98 Å². The number of pyridine rings is 1. The number of anilines is 2. The van der Waals surface area contributed by atoms with E-state index < -0.39 is 17.6 Å². The predicted molar refractivity (Wildman–Crippen MR) is 67.4 cm³/mol. The number of benzene rings is 1. The number of hydrogen-bond donors (Lipinski definition) is 2. The van der Waals surface area contributed by atoms with Gasteiger partial charge in [-0.05, 0) is 23.8 Å². The number of rotatable bonds is 3. The summed E-state index contributed by atoms with van der Waals surface area (Å²) in [6.07, 6.45) is -1.76. The molecule has 0 saturated heterocycles. The van der Waals surface area contributed by atoms with Crippen molar-refractivity contribution in [1.29, 1.82) is 0 Å². The van der Waals surface area contributed by atoms with Gasteiger partial charge in [0.05, 0.1) is 23.1 Å². The third-order valence-corrected chi connectivity index (χ3v) is 2.70. The van der Waals surface area contributed by atoms with E-state index in [-0.39, 0.29) is 12.1 Å². The Kier molecular flexibility index (Phi) is 3.78. The monoisotopic (exact) mass is 285 g/mol. The highest BCUT2D eigenvalue weighted by Gasteiger charge is 2.33. The van der Waals surface area contributed by atoms with Crippen molar-refractivity contribution in [3.63, 3.8) is 0 Å². The molecular formula is C13H11F4N3. The minimum Gasteiger partial charge on any atom is -0.396 e. The zero-order valence-corrected chi connectivity index (χ0v) is 10.2. The predicted octanol–water partition coefficient (Wildman–Crippen LogP) is 3.43. The molecule has 0 bridgehead atoms. The second-order valence-corrected chi connectivity index (χ2v) is 4.12. The van der Waals surface area contributed by atoms with Gasteiger partial charge < -0.3 is 11.1 Å². The fraction of sp³-hybridized carbons (Fsp3) is 0.154. The largest absolute Gasteiger partial charge is 0.416 e. The van der Waals surface area contributed by atoms with Crippen molar-refractivity contribution in [1.82, 2.24) is 4.98 Å². The summed E-state index contributed by atoms with van der Waals surface area (Å²) < 4.78 is 51.4. The molecule has 2 rings (SSSR count). The molecular weight excluding hydrogens is 274 g/mol. The van der Waals surface area contributed by atoms with Crippen molar-refractivity contribution in [2.45, 2.75) is 12.7 Å². The Morgan fingerprint density at radius 2 is 1.95 bits per heavy atom. The van der Waals surface area contributed by atoms with Crippen molar-refractivity contribution in [2.24, 2.45) is 0 Å². The molecule has 0 atom stereocenters. The van der Waals surface area contributed by atoms with Crippen molar-refractivity contribution < 1.29 is 17.6 Å². The molecule has 1 heterocycles. The number of nitrogens with two attached hydrogens (primary N) is 1. The van der Waals surface area contributed by atoms with Gasteiger partial charge in [-0.25, -0.2) is 4.39 Å². The van der Waals surface area contributed by atoms with E-state index in [2.05, 4.69) is 10.3 Å². The topological polar surface area (TPSA) is 50.9 Å². The molecule has 106 valence electrons. The van der Waals surface area contributed by atoms with Crippen LogP contribution in [0, 0.1) is 5.82 Å². The maximum Gasteiger partial charge on any atom is 0.416 e. The number of aromatic nitrogens is 1. The Labute approximate surface area is 112 Å². The molecule has 7 heteroatoms. The van der Waals surface area contributed by atoms with E-state index in [4.69, 9.17) is 5.73 Å². The number of alkyl halides is 3. The van der Waals surface area contributed by atoms with E-state index in [1.807, 2.05) is 0 Å². The highest BCUT2D eigenvalue weighted by atomic mass is 19.4. The minimum atomic E-state index is -4.61. The Bertz CT molecular complexity index is 611. The SMILES string of the molecule is Nc1cnccc1NCc1ccc(F)cc1C(F)(F)F. The van der Waals surface area contributed by atoms with E-state index in [1.165, 1.54) is 12.4 Å². The molecule has 3 nitrogen and oxygen atoms in total. The van der Waals surface area contributed by atoms with Crippen LogP contribution in [0.4, 0.5) is 28.9 Å². The van der Waals surface area contributed by atoms with Gasteiger partial charge in [0.15, 0.2) is 0 Å². The zero-order chi connectivity index (χ0) is 14.8. The van der Waals surface area contributed by atoms with Gasteiger partial charge in [-0.1, -0.05) is 6.07 Å². The summed E-state index contributed by atoms with van der Waals surface area (Å²) in [5.41, 5.74) is 5.36. The lowest BCUT2D eigenvalue weighted by atomic mass is 10.1. The summed E-state index contributed by atoms with van der Waals surface area (Å²) in [6.45, 7) is -0.122. The van der Waals surface area contributed by atoms with Crippen LogP contribution < -0.4 is 11.1 Å². The first kappa shape index (κ1) is 14.1. The standard InChI is InChI=1S/C13H11F4N3/c14-9-2-1-8(10(5-9)13(15,16)17)6-20-12-3-4-19-7-11(12)18/h1-5,7H,6,18H2,(H,19,20). The third kappa shape index (κ3) is 3.17. The van der Waals surface area contributed by atoms with Crippen LogP contribution in [0.2, 0.25) is 0 Å². The van der Waals surface area contributed by atoms with Crippen LogP contribution in [0.1, 0.15) is 11.1 Å². The summed E-state index contributed by atoms with van der Waals surface area (Å²) in [4.78, 5) is 3.77. The molecule has 1 aromatic heterocycles. The number of nitrogens with zero attached hydrogens (tertiary/aromatic N) is 1. The first-order valence-electron chi connectivity index (χ1n) is 5.67. The lowest BCUT2D eigenvalue weighted by molar-refractivity contribution is -0.138. The van der Waals surface area contributed by atoms with Crippen LogP contribution in [0.15, 0.2) is 36.7 Å². The fourth-order valence-corrected chi connectivity index (χ4v) is 1.72. The quantitative estimate of drug-likeness (QED) is 0.849. The van der Waals surface area contributed by atoms with Gasteiger partial charge >= 0.3 is 6.18 Å². The van der Waals surface area contributed by atoms with Crippen LogP contribution in [0.3, 0.4) is 0 Å². The smallest absolute Gasteiger partial charge is 0.396 e. The van der Waals surface area contributed by atoms with Gasteiger partial charge in [0.1, 0.15) is 5.82 Å². The maximum absolute atomic E-state index is 13.0. The second kappa shape index (κ2) is 5.36. The molecule has 0 spiro atoms. The molecule has 0 radical (unpaired) electrons. The minimum absolute atomic E-state index is 0.0601. The van der Waals surface area contributed by atoms with Crippen molar-refractivity contribution in [3.8, 4) is 0 Å². The summed E-state index contributed by atoms with van der Waals surface area (Å²) >= 11 is 0. The molecule has 2 aromatic rings. The molecule has 0 aliphatic heterocycles. The molecule has 0 fully saturated rings. The van der Waals surface area contributed by atoms with Crippen LogP contribution in [0.5, 0.6) is 0 Å². The first-order valence-corrected chi connectivity index (χ1v) is 5.67. The van der Waals surface area contributed by atoms with E-state index in [9.17, 15) is 17.6 Å². The second-order valence-electron chi connectivity index (χ2n) is 4.12. The summed E-state index contributed by atoms with van der Waals surface area (Å²) in [6, 6.07) is 4.11. The van der Waals surface area contributed by atoms with E-state index in [0.29, 0.717) is 17.4 Å². The fourth-order valence-electron chi connectivity index (χ4n) is 1.72. The highest BCUT2D eigenvalue weighted by Crippen LogP contribution is 2.33. The normalized spacial score (nSPS) is 11.4. The van der Waals surface area contributed by atoms with Gasteiger partial charge in [-0.15, -0.1) is 0 Å². The zero-order valence-electron chi connectivity index (χ0n) is 10.2. The summed E-state index contributed by atoms with van der Waals surface area (Å²) in [5.74, 6) is -0.926. The van der Waals surface area contributed by atoms with Crippen LogP contribution in [-0.2, 0) is 12.7 Å². The molecule has 20 heavy (non-hydrogen) atoms. The van der Waals surface area contributed by atoms with Gasteiger partial charge in [0, 0.05) is 12.7 Å². The van der Waals surface area contributed by atoms with Gasteiger partial charge in [0.2, 0.25) is 0 Å². The summed E-state index contributed by atoms with van der Waals surface area (Å²) in [7, 11) is 0. The highest BCUT2D eigenvalue weighted by molar-refractivity contribution is 5.64. The number of halogens is 4. The first-order chi connectivity index (χ1) is 9.38.